The highest BCUT2D eigenvalue weighted by Gasteiger charge is 2.48. The largest absolute Gasteiger partial charge is 0.358 e. The van der Waals surface area contributed by atoms with E-state index in [9.17, 15) is 24.0 Å². The molecule has 0 atom stereocenters. The summed E-state index contributed by atoms with van der Waals surface area (Å²) in [6.45, 7) is -6.60. The molecule has 0 saturated carbocycles. The summed E-state index contributed by atoms with van der Waals surface area (Å²) >= 11 is 8.34. The van der Waals surface area contributed by atoms with Gasteiger partial charge in [0.2, 0.25) is 29.5 Å². The van der Waals surface area contributed by atoms with Crippen molar-refractivity contribution in [2.45, 2.75) is 191 Å². The number of thiophene rings is 5. The molecule has 5 fully saturated rings. The number of hydrogen-bond acceptors (Lipinski definition) is 20. The van der Waals surface area contributed by atoms with Crippen LogP contribution in [0.25, 0.3) is 0 Å². The van der Waals surface area contributed by atoms with Gasteiger partial charge in [-0.25, -0.2) is 0 Å². The van der Waals surface area contributed by atoms with E-state index in [1.54, 1.807) is 136 Å². The Morgan fingerprint density at radius 1 is 0.300 bits per heavy atom. The number of nitrogens with zero attached hydrogens (tertiary/aromatic N) is 10. The summed E-state index contributed by atoms with van der Waals surface area (Å²) in [6, 6.07) is 38.1. The zero-order valence-electron chi connectivity index (χ0n) is 113. The summed E-state index contributed by atoms with van der Waals surface area (Å²) in [7, 11) is -5.88. The minimum Gasteiger partial charge on any atom is -0.358 e. The Bertz CT molecular complexity index is 6650. The number of methoxy groups -OCH3 is 5. The van der Waals surface area contributed by atoms with E-state index in [1.807, 2.05) is 70.1 Å². The van der Waals surface area contributed by atoms with E-state index in [2.05, 4.69) is 42.0 Å². The van der Waals surface area contributed by atoms with Gasteiger partial charge in [-0.2, -0.15) is 0 Å². The molecular formula is C105H140N10O10S5. The molecule has 5 aromatic carbocycles. The zero-order chi connectivity index (χ0) is 126. The second-order valence-corrected chi connectivity index (χ2v) is 36.5. The first-order chi connectivity index (χ1) is 79.1. The van der Waals surface area contributed by atoms with Crippen LogP contribution in [0.5, 0.6) is 0 Å². The second-order valence-electron chi connectivity index (χ2n) is 31.4. The lowest BCUT2D eigenvalue weighted by Crippen LogP contribution is -2.59. The van der Waals surface area contributed by atoms with Gasteiger partial charge in [0.15, 0.2) is 0 Å². The summed E-state index contributed by atoms with van der Waals surface area (Å²) < 4.78 is 342. The van der Waals surface area contributed by atoms with Crippen molar-refractivity contribution in [3.63, 3.8) is 0 Å². The summed E-state index contributed by atoms with van der Waals surface area (Å²) in [6.07, 6.45) is -5.55. The minimum atomic E-state index is -3.41. The Balaban J connectivity index is 0.000000199. The predicted molar refractivity (Wildman–Crippen MR) is 538 cm³/mol. The van der Waals surface area contributed by atoms with Crippen LogP contribution < -0.4 is 24.5 Å². The number of benzene rings is 5. The highest BCUT2D eigenvalue weighted by molar-refractivity contribution is 7.11. The molecule has 5 aromatic heterocycles. The molecule has 5 amide bonds. The Morgan fingerprint density at radius 3 is 0.731 bits per heavy atom. The molecule has 15 rings (SSSR count). The Morgan fingerprint density at radius 2 is 0.523 bits per heavy atom. The van der Waals surface area contributed by atoms with Crippen LogP contribution in [0, 0.1) is 0 Å². The molecule has 5 aliphatic rings. The van der Waals surface area contributed by atoms with Gasteiger partial charge < -0.3 is 48.2 Å². The highest BCUT2D eigenvalue weighted by Crippen LogP contribution is 2.41. The van der Waals surface area contributed by atoms with E-state index in [0.29, 0.717) is 92.9 Å². The zero-order valence-corrected chi connectivity index (χ0v) is 77.1. The number of carbonyl (C=O) groups excluding carboxylic acids is 5. The molecule has 0 bridgehead atoms. The lowest BCUT2D eigenvalue weighted by Gasteiger charge is -2.47. The Labute approximate surface area is 850 Å². The molecule has 20 nitrogen and oxygen atoms in total. The van der Waals surface area contributed by atoms with Gasteiger partial charge in [-0.1, -0.05) is 155 Å². The predicted octanol–water partition coefficient (Wildman–Crippen LogP) is 20.9. The monoisotopic (exact) mass is 1900 g/mol. The third-order valence-corrected chi connectivity index (χ3v) is 28.7. The van der Waals surface area contributed by atoms with E-state index in [-0.39, 0.29) is 70.1 Å². The van der Waals surface area contributed by atoms with Gasteiger partial charge in [0, 0.05) is 311 Å². The maximum Gasteiger partial charge on any atom is 0.229 e. The number of rotatable bonds is 35. The van der Waals surface area contributed by atoms with Crippen molar-refractivity contribution >= 4 is 115 Å². The summed E-state index contributed by atoms with van der Waals surface area (Å²) in [4.78, 5) is 88.9. The molecule has 5 aliphatic heterocycles. The Hall–Kier alpha value is -8.45. The SMILES string of the molecule is [2H]C([2H])([2H])C([2H])([2H])C(=O)N(c1ccccc1)C1(OC)CCN(CCc2cccs2)CC1.[2H]C([2H])([2H])CC(=O)N(c1ccccc1)C1(OC([2H])([2H])[2H])CCN(CCc2cccs2)CC1.[2H]C([2H])([2H])OC1(N(C(=O)C([2H])([2H])C([2H])([2H])[2H])c2ccccc2)CCN(CCc2cccs2)CC1.[2H]c1c([2H])c([2H])c(N(C(=O)C([2H])([2H])C([2H])([2H])[2H])C2(OC)CCN(CCc3cccs3)CC2)c([2H])c1[2H].[2H]c1c([2H])c([2H])c(N(C(=O)CC([2H])([2H])[2H])C2(OC([2H])([2H])[2H])CCN(CCc3cccs3)CC2)c([2H])c1[2H]. The summed E-state index contributed by atoms with van der Waals surface area (Å²) in [5, 5.41) is 10.1. The maximum absolute atomic E-state index is 13.6. The molecule has 130 heavy (non-hydrogen) atoms. The third kappa shape index (κ3) is 27.6. The van der Waals surface area contributed by atoms with E-state index < -0.39 is 217 Å². The number of anilines is 5. The van der Waals surface area contributed by atoms with Crippen LogP contribution in [0.3, 0.4) is 0 Å². The molecular weight excluding hydrogens is 1720 g/mol. The fourth-order valence-electron chi connectivity index (χ4n) is 16.9. The lowest BCUT2D eigenvalue weighted by atomic mass is 9.96. The molecule has 10 aromatic rings. The smallest absolute Gasteiger partial charge is 0.229 e. The van der Waals surface area contributed by atoms with Crippen molar-refractivity contribution in [1.29, 1.82) is 0 Å². The van der Waals surface area contributed by atoms with Crippen molar-refractivity contribution < 1.29 is 102 Å². The number of piperidine rings is 5. The van der Waals surface area contributed by atoms with Crippen molar-refractivity contribution in [2.24, 2.45) is 0 Å². The van der Waals surface area contributed by atoms with Gasteiger partial charge in [0.1, 0.15) is 28.6 Å². The number of carbonyl (C=O) groups is 5. The quantitative estimate of drug-likeness (QED) is 0.0344. The number of para-hydroxylation sites is 5. The summed E-state index contributed by atoms with van der Waals surface area (Å²) in [5.74, 6) is -5.79. The first-order valence-corrected chi connectivity index (χ1v) is 47.4. The fourth-order valence-corrected chi connectivity index (χ4v) is 20.4. The molecule has 10 heterocycles. The van der Waals surface area contributed by atoms with E-state index in [4.69, 9.17) is 78.5 Å². The van der Waals surface area contributed by atoms with Gasteiger partial charge >= 0.3 is 0 Å². The van der Waals surface area contributed by atoms with Gasteiger partial charge in [0.25, 0.3) is 0 Å². The molecule has 700 valence electrons. The maximum atomic E-state index is 13.6. The number of hydrogen-bond donors (Lipinski definition) is 0. The van der Waals surface area contributed by atoms with Gasteiger partial charge in [0.05, 0.1) is 26.0 Å². The topological polar surface area (TPSA) is 164 Å². The van der Waals surface area contributed by atoms with E-state index in [0.717, 1.165) is 63.2 Å². The van der Waals surface area contributed by atoms with Gasteiger partial charge in [-0.3, -0.25) is 48.5 Å². The molecule has 0 radical (unpaired) electrons. The first kappa shape index (κ1) is 60.0. The molecule has 0 unspecified atom stereocenters. The van der Waals surface area contributed by atoms with Crippen molar-refractivity contribution in [1.82, 2.24) is 24.5 Å². The number of amides is 5. The van der Waals surface area contributed by atoms with Gasteiger partial charge in [-0.15, -0.1) is 56.7 Å². The standard InChI is InChI=1S/5C21H28N2O2S/c5*1-3-20(24)23(18-8-5-4-6-9-18)21(25-2)12-15-22(16-13-21)14-11-19-10-7-17-26-19/h5*4-10,17H,3,11-16H2,1-2H3/i1D3,3D2,4D,5D,6D,8D,9D;1D3,2D3,4D,5D,6D,8D,9D;1D3,2D3,3D2;1D3,3D2;1D3,2D3. The van der Waals surface area contributed by atoms with Crippen LogP contribution in [0.2, 0.25) is 0 Å². The average Bonchev–Trinajstić information content (AvgIpc) is 1.04. The van der Waals surface area contributed by atoms with Gasteiger partial charge in [-0.05, 0) is 150 Å². The summed E-state index contributed by atoms with van der Waals surface area (Å²) in [5.41, 5.74) is -8.05. The van der Waals surface area contributed by atoms with E-state index >= 15 is 0 Å². The van der Waals surface area contributed by atoms with E-state index in [1.165, 1.54) is 60.5 Å². The minimum absolute atomic E-state index is 0.0769. The first-order valence-electron chi connectivity index (χ1n) is 63.0. The van der Waals surface area contributed by atoms with Crippen molar-refractivity contribution in [3.05, 3.63) is 263 Å². The van der Waals surface area contributed by atoms with Crippen LogP contribution in [0.4, 0.5) is 28.4 Å². The lowest BCUT2D eigenvalue weighted by molar-refractivity contribution is -0.128. The van der Waals surface area contributed by atoms with Crippen molar-refractivity contribution in [3.8, 4) is 0 Å². The fraction of sp³-hybridized carbons (Fsp3) is 0.476. The Kier molecular flexibility index (Phi) is 24.1. The molecule has 0 aliphatic carbocycles. The van der Waals surface area contributed by atoms with Crippen LogP contribution in [-0.4, -0.2) is 216 Å². The third-order valence-electron chi connectivity index (χ3n) is 24.0. The van der Waals surface area contributed by atoms with Crippen LogP contribution in [0.15, 0.2) is 239 Å². The number of ether oxygens (including phenoxy) is 5. The second kappa shape index (κ2) is 52.3. The highest BCUT2D eigenvalue weighted by atomic mass is 32.1. The van der Waals surface area contributed by atoms with Crippen molar-refractivity contribution in [2.75, 3.05) is 158 Å². The van der Waals surface area contributed by atoms with Crippen LogP contribution >= 0.6 is 56.7 Å². The number of likely N-dealkylation sites (tertiary alicyclic amines) is 5. The van der Waals surface area contributed by atoms with Crippen LogP contribution in [-0.2, 0) is 79.8 Å². The molecule has 5 saturated heterocycles. The normalized spacial score (nSPS) is 22.8. The average molecular weight is 1900 g/mol. The molecule has 25 heteroatoms. The van der Waals surface area contributed by atoms with Crippen LogP contribution in [0.1, 0.15) is 210 Å². The molecule has 0 N–H and O–H groups in total. The molecule has 0 spiro atoms.